The third-order valence-electron chi connectivity index (χ3n) is 3.85. The van der Waals surface area contributed by atoms with E-state index in [1.807, 2.05) is 0 Å². The van der Waals surface area contributed by atoms with Gasteiger partial charge < -0.3 is 0 Å². The standard InChI is InChI=1S/C20H28P/c1-17(2)15-21(16-18(3)4,19-11-7-5-8-12-19)20-13-9-6-10-14-20/h5-14,17-18H,15-16H2,1-4H3/q+1. The van der Waals surface area contributed by atoms with Crippen LogP contribution in [-0.2, 0) is 0 Å². The van der Waals surface area contributed by atoms with E-state index >= 15 is 0 Å². The van der Waals surface area contributed by atoms with Crippen LogP contribution in [-0.4, -0.2) is 12.3 Å². The van der Waals surface area contributed by atoms with E-state index in [1.54, 1.807) is 10.6 Å². The molecule has 0 saturated carbocycles. The predicted molar refractivity (Wildman–Crippen MR) is 98.5 cm³/mol. The van der Waals surface area contributed by atoms with Crippen LogP contribution in [0, 0.1) is 11.8 Å². The largest absolute Gasteiger partial charge is 0.0992 e. The van der Waals surface area contributed by atoms with Crippen LogP contribution >= 0.6 is 7.26 Å². The Hall–Kier alpha value is -1.13. The van der Waals surface area contributed by atoms with Crippen molar-refractivity contribution in [1.29, 1.82) is 0 Å². The molecule has 0 N–H and O–H groups in total. The molecule has 0 heterocycles. The summed E-state index contributed by atoms with van der Waals surface area (Å²) in [5, 5.41) is 3.14. The quantitative estimate of drug-likeness (QED) is 0.661. The summed E-state index contributed by atoms with van der Waals surface area (Å²) in [7, 11) is -1.31. The summed E-state index contributed by atoms with van der Waals surface area (Å²) in [5.41, 5.74) is 0. The summed E-state index contributed by atoms with van der Waals surface area (Å²) < 4.78 is 0. The second-order valence-electron chi connectivity index (χ2n) is 6.79. The zero-order valence-electron chi connectivity index (χ0n) is 13.8. The van der Waals surface area contributed by atoms with E-state index in [0.717, 1.165) is 11.8 Å². The molecule has 112 valence electrons. The van der Waals surface area contributed by atoms with Crippen LogP contribution in [0.1, 0.15) is 27.7 Å². The third-order valence-corrected chi connectivity index (χ3v) is 9.14. The van der Waals surface area contributed by atoms with E-state index < -0.39 is 7.26 Å². The van der Waals surface area contributed by atoms with Crippen molar-refractivity contribution in [1.82, 2.24) is 0 Å². The minimum atomic E-state index is -1.31. The second kappa shape index (κ2) is 7.23. The minimum Gasteiger partial charge on any atom is -0.0620 e. The zero-order valence-corrected chi connectivity index (χ0v) is 14.7. The Morgan fingerprint density at radius 2 is 0.952 bits per heavy atom. The lowest BCUT2D eigenvalue weighted by molar-refractivity contribution is 0.717. The molecule has 0 aliphatic carbocycles. The number of rotatable bonds is 6. The molecule has 0 radical (unpaired) electrons. The molecule has 0 aliphatic heterocycles. The Morgan fingerprint density at radius 1 is 0.619 bits per heavy atom. The van der Waals surface area contributed by atoms with E-state index in [-0.39, 0.29) is 0 Å². The number of hydrogen-bond donors (Lipinski definition) is 0. The summed E-state index contributed by atoms with van der Waals surface area (Å²) in [6, 6.07) is 22.5. The Morgan fingerprint density at radius 3 is 1.24 bits per heavy atom. The molecule has 0 nitrogen and oxygen atoms in total. The monoisotopic (exact) mass is 299 g/mol. The van der Waals surface area contributed by atoms with Crippen molar-refractivity contribution in [2.75, 3.05) is 12.3 Å². The van der Waals surface area contributed by atoms with E-state index in [1.165, 1.54) is 12.3 Å². The summed E-state index contributed by atoms with van der Waals surface area (Å²) in [6.45, 7) is 9.45. The highest BCUT2D eigenvalue weighted by Crippen LogP contribution is 2.58. The van der Waals surface area contributed by atoms with Crippen LogP contribution in [0.25, 0.3) is 0 Å². The molecule has 0 aliphatic rings. The molecule has 0 fully saturated rings. The fourth-order valence-corrected chi connectivity index (χ4v) is 8.59. The number of benzene rings is 2. The highest BCUT2D eigenvalue weighted by Gasteiger charge is 2.43. The summed E-state index contributed by atoms with van der Waals surface area (Å²) in [4.78, 5) is 0. The van der Waals surface area contributed by atoms with E-state index in [9.17, 15) is 0 Å². The van der Waals surface area contributed by atoms with Crippen molar-refractivity contribution in [3.05, 3.63) is 60.7 Å². The SMILES string of the molecule is CC(C)C[P+](CC(C)C)(c1ccccc1)c1ccccc1. The van der Waals surface area contributed by atoms with Gasteiger partial charge in [-0.25, -0.2) is 0 Å². The van der Waals surface area contributed by atoms with Crippen molar-refractivity contribution in [3.63, 3.8) is 0 Å². The van der Waals surface area contributed by atoms with E-state index in [2.05, 4.69) is 88.4 Å². The lowest BCUT2D eigenvalue weighted by Gasteiger charge is -2.30. The maximum atomic E-state index is 2.36. The van der Waals surface area contributed by atoms with Crippen molar-refractivity contribution >= 4 is 17.9 Å². The van der Waals surface area contributed by atoms with Gasteiger partial charge in [-0.3, -0.25) is 0 Å². The molecule has 0 atom stereocenters. The highest BCUT2D eigenvalue weighted by atomic mass is 31.2. The molecule has 2 aromatic carbocycles. The van der Waals surface area contributed by atoms with Crippen LogP contribution in [0.3, 0.4) is 0 Å². The first-order valence-corrected chi connectivity index (χ1v) is 10.2. The maximum Gasteiger partial charge on any atom is 0.0992 e. The van der Waals surface area contributed by atoms with E-state index in [4.69, 9.17) is 0 Å². The van der Waals surface area contributed by atoms with Crippen molar-refractivity contribution in [2.45, 2.75) is 27.7 Å². The lowest BCUT2D eigenvalue weighted by Crippen LogP contribution is -2.30. The Labute approximate surface area is 130 Å². The zero-order chi connectivity index (χ0) is 15.3. The summed E-state index contributed by atoms with van der Waals surface area (Å²) in [5.74, 6) is 1.44. The van der Waals surface area contributed by atoms with E-state index in [0.29, 0.717) is 0 Å². The second-order valence-corrected chi connectivity index (χ2v) is 10.5. The average Bonchev–Trinajstić information content (AvgIpc) is 2.47. The van der Waals surface area contributed by atoms with Crippen LogP contribution in [0.2, 0.25) is 0 Å². The van der Waals surface area contributed by atoms with Crippen molar-refractivity contribution in [2.24, 2.45) is 11.8 Å². The van der Waals surface area contributed by atoms with Crippen LogP contribution in [0.5, 0.6) is 0 Å². The summed E-state index contributed by atoms with van der Waals surface area (Å²) >= 11 is 0. The third kappa shape index (κ3) is 3.95. The van der Waals surface area contributed by atoms with Crippen molar-refractivity contribution in [3.8, 4) is 0 Å². The lowest BCUT2D eigenvalue weighted by atomic mass is 10.3. The molecule has 0 unspecified atom stereocenters. The predicted octanol–water partition coefficient (Wildman–Crippen LogP) is 4.97. The summed E-state index contributed by atoms with van der Waals surface area (Å²) in [6.07, 6.45) is 2.61. The molecule has 0 spiro atoms. The van der Waals surface area contributed by atoms with Gasteiger partial charge in [0.2, 0.25) is 0 Å². The first-order chi connectivity index (χ1) is 10.0. The smallest absolute Gasteiger partial charge is 0.0620 e. The fourth-order valence-electron chi connectivity index (χ4n) is 3.32. The van der Waals surface area contributed by atoms with Gasteiger partial charge in [0.25, 0.3) is 0 Å². The van der Waals surface area contributed by atoms with Gasteiger partial charge in [0.05, 0.1) is 30.2 Å². The molecule has 2 rings (SSSR count). The Balaban J connectivity index is 2.59. The van der Waals surface area contributed by atoms with Gasteiger partial charge in [0.15, 0.2) is 0 Å². The Kier molecular flexibility index (Phi) is 5.59. The van der Waals surface area contributed by atoms with Gasteiger partial charge in [0.1, 0.15) is 0 Å². The molecule has 0 saturated heterocycles. The topological polar surface area (TPSA) is 0 Å². The first kappa shape index (κ1) is 16.2. The van der Waals surface area contributed by atoms with Crippen LogP contribution < -0.4 is 10.6 Å². The molecular formula is C20H28P+. The minimum absolute atomic E-state index is 0.720. The maximum absolute atomic E-state index is 2.36. The molecule has 0 amide bonds. The van der Waals surface area contributed by atoms with Gasteiger partial charge in [0, 0.05) is 0 Å². The molecule has 0 aromatic heterocycles. The molecule has 2 aromatic rings. The number of hydrogen-bond acceptors (Lipinski definition) is 0. The normalized spacial score (nSPS) is 12.1. The van der Waals surface area contributed by atoms with Gasteiger partial charge in [-0.1, -0.05) is 64.1 Å². The first-order valence-electron chi connectivity index (χ1n) is 8.03. The molecule has 0 bridgehead atoms. The fraction of sp³-hybridized carbons (Fsp3) is 0.400. The van der Waals surface area contributed by atoms with Gasteiger partial charge in [-0.2, -0.15) is 0 Å². The average molecular weight is 299 g/mol. The molecule has 21 heavy (non-hydrogen) atoms. The Bertz CT molecular complexity index is 477. The van der Waals surface area contributed by atoms with Crippen molar-refractivity contribution < 1.29 is 0 Å². The van der Waals surface area contributed by atoms with Crippen LogP contribution in [0.4, 0.5) is 0 Å². The van der Waals surface area contributed by atoms with Crippen LogP contribution in [0.15, 0.2) is 60.7 Å². The van der Waals surface area contributed by atoms with Gasteiger partial charge in [-0.15, -0.1) is 0 Å². The highest BCUT2D eigenvalue weighted by molar-refractivity contribution is 7.89. The molecule has 1 heteroatoms. The van der Waals surface area contributed by atoms with Gasteiger partial charge in [-0.05, 0) is 36.1 Å². The molecular weight excluding hydrogens is 271 g/mol. The van der Waals surface area contributed by atoms with Gasteiger partial charge >= 0.3 is 0 Å².